The van der Waals surface area contributed by atoms with Crippen LogP contribution >= 0.6 is 0 Å². The first kappa shape index (κ1) is 25.1. The number of ether oxygens (including phenoxy) is 3. The number of piperidine rings is 2. The molecule has 2 aromatic rings. The van der Waals surface area contributed by atoms with E-state index in [9.17, 15) is 15.0 Å². The van der Waals surface area contributed by atoms with E-state index in [1.807, 2.05) is 12.1 Å². The van der Waals surface area contributed by atoms with Crippen LogP contribution in [0.2, 0.25) is 0 Å². The van der Waals surface area contributed by atoms with E-state index in [0.717, 1.165) is 59.4 Å². The third-order valence-electron chi connectivity index (χ3n) is 8.24. The Bertz CT molecular complexity index is 1100. The van der Waals surface area contributed by atoms with Crippen LogP contribution in [0, 0.1) is 0 Å². The molecule has 3 heterocycles. The van der Waals surface area contributed by atoms with E-state index in [1.54, 1.807) is 14.2 Å². The van der Waals surface area contributed by atoms with Crippen molar-refractivity contribution in [2.45, 2.75) is 88.3 Å². The Labute approximate surface area is 213 Å². The SMILES string of the molecule is COc1ccc2cc1-c1cc(ccc1OC)[C@@H]1C[C@H](O)[C@@H](O)[C@H]3CCC[C@H](C[C@H](OC(C)=O)CC2)N31. The van der Waals surface area contributed by atoms with Gasteiger partial charge in [-0.2, -0.15) is 0 Å². The Balaban J connectivity index is 1.68. The van der Waals surface area contributed by atoms with Gasteiger partial charge in [0.25, 0.3) is 0 Å². The highest BCUT2D eigenvalue weighted by molar-refractivity contribution is 5.77. The molecule has 2 aromatic carbocycles. The zero-order chi connectivity index (χ0) is 25.4. The van der Waals surface area contributed by atoms with Crippen LogP contribution in [0.15, 0.2) is 36.4 Å². The molecule has 5 rings (SSSR count). The summed E-state index contributed by atoms with van der Waals surface area (Å²) in [5.41, 5.74) is 4.10. The van der Waals surface area contributed by atoms with Crippen LogP contribution < -0.4 is 9.47 Å². The Morgan fingerprint density at radius 3 is 2.39 bits per heavy atom. The van der Waals surface area contributed by atoms with Gasteiger partial charge in [0.15, 0.2) is 0 Å². The molecule has 0 amide bonds. The van der Waals surface area contributed by atoms with Gasteiger partial charge in [-0.25, -0.2) is 0 Å². The summed E-state index contributed by atoms with van der Waals surface area (Å²) in [6.45, 7) is 1.47. The minimum absolute atomic E-state index is 0.0729. The number of benzene rings is 2. The maximum absolute atomic E-state index is 12.0. The van der Waals surface area contributed by atoms with Crippen molar-refractivity contribution in [3.63, 3.8) is 0 Å². The van der Waals surface area contributed by atoms with Crippen molar-refractivity contribution < 1.29 is 29.2 Å². The molecule has 4 bridgehead atoms. The van der Waals surface area contributed by atoms with E-state index < -0.39 is 12.2 Å². The number of carbonyl (C=O) groups is 1. The van der Waals surface area contributed by atoms with E-state index in [-0.39, 0.29) is 30.2 Å². The lowest BCUT2D eigenvalue weighted by Gasteiger charge is -2.53. The lowest BCUT2D eigenvalue weighted by Crippen LogP contribution is -2.61. The van der Waals surface area contributed by atoms with E-state index >= 15 is 0 Å². The van der Waals surface area contributed by atoms with E-state index in [4.69, 9.17) is 14.2 Å². The number of methoxy groups -OCH3 is 2. The summed E-state index contributed by atoms with van der Waals surface area (Å²) in [5.74, 6) is 1.24. The standard InChI is InChI=1S/C29H37NO6/c1-17(31)36-21-10-7-18-8-11-27(34-2)22(13-18)23-14-19(9-12-28(23)35-3)25-16-26(32)29(33)24-6-4-5-20(15-21)30(24)25/h8-9,11-14,20-21,24-26,29,32-33H,4-7,10,15-16H2,1-3H3/t20-,21-,24-,25+,26+,29+/m1/s1. The summed E-state index contributed by atoms with van der Waals surface area (Å²) >= 11 is 0. The first-order chi connectivity index (χ1) is 17.4. The molecule has 194 valence electrons. The number of hydrogen-bond acceptors (Lipinski definition) is 7. The summed E-state index contributed by atoms with van der Waals surface area (Å²) in [5, 5.41) is 21.9. The summed E-state index contributed by atoms with van der Waals surface area (Å²) in [7, 11) is 3.34. The summed E-state index contributed by atoms with van der Waals surface area (Å²) in [4.78, 5) is 14.4. The molecule has 2 N–H and O–H groups in total. The highest BCUT2D eigenvalue weighted by atomic mass is 16.5. The van der Waals surface area contributed by atoms with Crippen LogP contribution in [0.25, 0.3) is 11.1 Å². The molecule has 0 radical (unpaired) electrons. The minimum atomic E-state index is -0.793. The number of hydrogen-bond donors (Lipinski definition) is 2. The molecule has 0 aliphatic carbocycles. The summed E-state index contributed by atoms with van der Waals surface area (Å²) in [6.07, 6.45) is 3.60. The third-order valence-corrected chi connectivity index (χ3v) is 8.24. The van der Waals surface area contributed by atoms with Gasteiger partial charge in [-0.1, -0.05) is 18.6 Å². The van der Waals surface area contributed by atoms with Gasteiger partial charge in [-0.3, -0.25) is 9.69 Å². The predicted molar refractivity (Wildman–Crippen MR) is 136 cm³/mol. The molecule has 7 heteroatoms. The first-order valence-corrected chi connectivity index (χ1v) is 13.1. The fraction of sp³-hybridized carbons (Fsp3) is 0.552. The summed E-state index contributed by atoms with van der Waals surface area (Å²) in [6, 6.07) is 12.3. The van der Waals surface area contributed by atoms with Crippen LogP contribution in [-0.4, -0.2) is 65.7 Å². The molecule has 3 aliphatic rings. The van der Waals surface area contributed by atoms with E-state index in [1.165, 1.54) is 6.92 Å². The Hall–Kier alpha value is -2.61. The highest BCUT2D eigenvalue weighted by Gasteiger charge is 2.47. The maximum atomic E-state index is 12.0. The average molecular weight is 496 g/mol. The van der Waals surface area contributed by atoms with Gasteiger partial charge in [0.05, 0.1) is 26.4 Å². The largest absolute Gasteiger partial charge is 0.496 e. The number of carbonyl (C=O) groups excluding carboxylic acids is 1. The first-order valence-electron chi connectivity index (χ1n) is 13.1. The molecule has 3 aliphatic heterocycles. The van der Waals surface area contributed by atoms with Gasteiger partial charge in [-0.15, -0.1) is 0 Å². The second-order valence-electron chi connectivity index (χ2n) is 10.4. The number of aryl methyl sites for hydroxylation is 1. The molecule has 2 saturated heterocycles. The second-order valence-corrected chi connectivity index (χ2v) is 10.4. The lowest BCUT2D eigenvalue weighted by atomic mass is 9.78. The number of rotatable bonds is 3. The number of aliphatic hydroxyl groups excluding tert-OH is 2. The van der Waals surface area contributed by atoms with Crippen LogP contribution in [-0.2, 0) is 16.0 Å². The molecular formula is C29H37NO6. The molecule has 0 unspecified atom stereocenters. The number of fused-ring (bicyclic) bond motifs is 6. The average Bonchev–Trinajstić information content (AvgIpc) is 2.88. The van der Waals surface area contributed by atoms with Gasteiger partial charge in [0.1, 0.15) is 17.6 Å². The topological polar surface area (TPSA) is 88.5 Å². The van der Waals surface area contributed by atoms with Crippen molar-refractivity contribution in [1.29, 1.82) is 0 Å². The Morgan fingerprint density at radius 1 is 0.944 bits per heavy atom. The number of aliphatic hydroxyl groups is 2. The number of nitrogens with zero attached hydrogens (tertiary/aromatic N) is 1. The quantitative estimate of drug-likeness (QED) is 0.622. The van der Waals surface area contributed by atoms with Gasteiger partial charge < -0.3 is 24.4 Å². The fourth-order valence-electron chi connectivity index (χ4n) is 6.61. The molecular weight excluding hydrogens is 458 g/mol. The van der Waals surface area contributed by atoms with Crippen molar-refractivity contribution >= 4 is 5.97 Å². The molecule has 0 spiro atoms. The van der Waals surface area contributed by atoms with Gasteiger partial charge in [0, 0.05) is 36.2 Å². The van der Waals surface area contributed by atoms with Gasteiger partial charge >= 0.3 is 5.97 Å². The molecule has 6 atom stereocenters. The van der Waals surface area contributed by atoms with Gasteiger partial charge in [0.2, 0.25) is 0 Å². The molecule has 0 aromatic heterocycles. The van der Waals surface area contributed by atoms with Crippen LogP contribution in [0.5, 0.6) is 11.5 Å². The van der Waals surface area contributed by atoms with Crippen molar-refractivity contribution in [1.82, 2.24) is 4.90 Å². The third kappa shape index (κ3) is 4.72. The molecule has 0 saturated carbocycles. The van der Waals surface area contributed by atoms with Crippen LogP contribution in [0.1, 0.15) is 62.6 Å². The van der Waals surface area contributed by atoms with Crippen molar-refractivity contribution in [3.8, 4) is 22.6 Å². The zero-order valence-electron chi connectivity index (χ0n) is 21.4. The maximum Gasteiger partial charge on any atom is 0.302 e. The van der Waals surface area contributed by atoms with Crippen molar-refractivity contribution in [2.24, 2.45) is 0 Å². The molecule has 36 heavy (non-hydrogen) atoms. The van der Waals surface area contributed by atoms with Crippen LogP contribution in [0.3, 0.4) is 0 Å². The Morgan fingerprint density at radius 2 is 1.67 bits per heavy atom. The fourth-order valence-corrected chi connectivity index (χ4v) is 6.61. The Kier molecular flexibility index (Phi) is 7.24. The second kappa shape index (κ2) is 10.4. The molecule has 2 fully saturated rings. The smallest absolute Gasteiger partial charge is 0.302 e. The van der Waals surface area contributed by atoms with Crippen molar-refractivity contribution in [2.75, 3.05) is 14.2 Å². The predicted octanol–water partition coefficient (Wildman–Crippen LogP) is 4.03. The van der Waals surface area contributed by atoms with E-state index in [0.29, 0.717) is 19.3 Å². The molecule has 7 nitrogen and oxygen atoms in total. The van der Waals surface area contributed by atoms with Crippen molar-refractivity contribution in [3.05, 3.63) is 47.5 Å². The monoisotopic (exact) mass is 495 g/mol. The lowest BCUT2D eigenvalue weighted by molar-refractivity contribution is -0.152. The van der Waals surface area contributed by atoms with Crippen LogP contribution in [0.4, 0.5) is 0 Å². The normalized spacial score (nSPS) is 30.1. The number of esters is 1. The summed E-state index contributed by atoms with van der Waals surface area (Å²) < 4.78 is 17.3. The highest BCUT2D eigenvalue weighted by Crippen LogP contribution is 2.46. The van der Waals surface area contributed by atoms with E-state index in [2.05, 4.69) is 29.2 Å². The minimum Gasteiger partial charge on any atom is -0.496 e. The zero-order valence-corrected chi connectivity index (χ0v) is 21.4. The van der Waals surface area contributed by atoms with Gasteiger partial charge in [-0.05, 0) is 73.9 Å².